The molecular weight excluding hydrogens is 240 g/mol. The summed E-state index contributed by atoms with van der Waals surface area (Å²) >= 11 is 0. The zero-order chi connectivity index (χ0) is 14.0. The van der Waals surface area contributed by atoms with Gasteiger partial charge in [-0.1, -0.05) is 30.3 Å². The van der Waals surface area contributed by atoms with E-state index in [1.54, 1.807) is 0 Å². The number of rotatable bonds is 9. The molecule has 0 saturated carbocycles. The standard InChI is InChI=1S/C16H26O3/c1-16(2,3)19-11-7-10-17-12-13-18-14-15-8-5-4-6-9-15/h4-6,8-9H,7,10-14H2,1-3H3. The van der Waals surface area contributed by atoms with Gasteiger partial charge in [0, 0.05) is 13.2 Å². The highest BCUT2D eigenvalue weighted by Gasteiger charge is 2.08. The normalized spacial score (nSPS) is 11.7. The summed E-state index contributed by atoms with van der Waals surface area (Å²) in [6.07, 6.45) is 0.927. The lowest BCUT2D eigenvalue weighted by Gasteiger charge is -2.19. The monoisotopic (exact) mass is 266 g/mol. The van der Waals surface area contributed by atoms with Crippen molar-refractivity contribution in [1.29, 1.82) is 0 Å². The van der Waals surface area contributed by atoms with Crippen molar-refractivity contribution >= 4 is 0 Å². The molecule has 0 heterocycles. The molecule has 19 heavy (non-hydrogen) atoms. The van der Waals surface area contributed by atoms with Crippen LogP contribution >= 0.6 is 0 Å². The summed E-state index contributed by atoms with van der Waals surface area (Å²) in [6.45, 7) is 9.58. The van der Waals surface area contributed by atoms with Gasteiger partial charge in [0.15, 0.2) is 0 Å². The highest BCUT2D eigenvalue weighted by atomic mass is 16.5. The molecule has 0 bridgehead atoms. The Labute approximate surface area is 116 Å². The molecule has 0 radical (unpaired) electrons. The fourth-order valence-electron chi connectivity index (χ4n) is 1.52. The van der Waals surface area contributed by atoms with E-state index in [9.17, 15) is 0 Å². The second-order valence-corrected chi connectivity index (χ2v) is 5.46. The fourth-order valence-corrected chi connectivity index (χ4v) is 1.52. The molecule has 0 aromatic heterocycles. The molecule has 0 amide bonds. The molecule has 1 aromatic rings. The van der Waals surface area contributed by atoms with E-state index in [1.165, 1.54) is 5.56 Å². The van der Waals surface area contributed by atoms with Gasteiger partial charge in [0.1, 0.15) is 0 Å². The van der Waals surface area contributed by atoms with Crippen molar-refractivity contribution in [3.63, 3.8) is 0 Å². The van der Waals surface area contributed by atoms with E-state index in [2.05, 4.69) is 32.9 Å². The number of ether oxygens (including phenoxy) is 3. The maximum absolute atomic E-state index is 5.60. The van der Waals surface area contributed by atoms with Crippen LogP contribution in [0.3, 0.4) is 0 Å². The molecule has 0 aliphatic rings. The van der Waals surface area contributed by atoms with Crippen LogP contribution in [0.15, 0.2) is 30.3 Å². The molecule has 1 aromatic carbocycles. The Balaban J connectivity index is 1.87. The Morgan fingerprint density at radius 3 is 2.21 bits per heavy atom. The van der Waals surface area contributed by atoms with Crippen molar-refractivity contribution in [2.75, 3.05) is 26.4 Å². The van der Waals surface area contributed by atoms with Crippen LogP contribution in [0.1, 0.15) is 32.8 Å². The third-order valence-corrected chi connectivity index (χ3v) is 2.45. The smallest absolute Gasteiger partial charge is 0.0718 e. The van der Waals surface area contributed by atoms with Gasteiger partial charge >= 0.3 is 0 Å². The lowest BCUT2D eigenvalue weighted by molar-refractivity contribution is -0.0189. The molecule has 108 valence electrons. The van der Waals surface area contributed by atoms with E-state index in [-0.39, 0.29) is 5.60 Å². The Morgan fingerprint density at radius 1 is 0.842 bits per heavy atom. The predicted octanol–water partition coefficient (Wildman–Crippen LogP) is 3.43. The average molecular weight is 266 g/mol. The molecule has 0 atom stereocenters. The van der Waals surface area contributed by atoms with Gasteiger partial charge in [-0.3, -0.25) is 0 Å². The molecule has 3 heteroatoms. The lowest BCUT2D eigenvalue weighted by Crippen LogP contribution is -2.20. The molecule has 3 nitrogen and oxygen atoms in total. The van der Waals surface area contributed by atoms with Crippen LogP contribution < -0.4 is 0 Å². The summed E-state index contributed by atoms with van der Waals surface area (Å²) in [6, 6.07) is 10.2. The average Bonchev–Trinajstić information content (AvgIpc) is 2.37. The van der Waals surface area contributed by atoms with Crippen LogP contribution in [0, 0.1) is 0 Å². The van der Waals surface area contributed by atoms with Gasteiger partial charge in [0.05, 0.1) is 25.4 Å². The summed E-state index contributed by atoms with van der Waals surface area (Å²) in [5.74, 6) is 0. The number of hydrogen-bond donors (Lipinski definition) is 0. The van der Waals surface area contributed by atoms with Crippen molar-refractivity contribution in [2.45, 2.75) is 39.4 Å². The molecular formula is C16H26O3. The minimum Gasteiger partial charge on any atom is -0.379 e. The van der Waals surface area contributed by atoms with Crippen LogP contribution in [0.2, 0.25) is 0 Å². The Hall–Kier alpha value is -0.900. The van der Waals surface area contributed by atoms with Gasteiger partial charge in [-0.25, -0.2) is 0 Å². The van der Waals surface area contributed by atoms with Crippen LogP contribution in [0.25, 0.3) is 0 Å². The first-order valence-corrected chi connectivity index (χ1v) is 6.91. The largest absolute Gasteiger partial charge is 0.379 e. The van der Waals surface area contributed by atoms with Crippen molar-refractivity contribution in [3.05, 3.63) is 35.9 Å². The minimum atomic E-state index is -0.0568. The van der Waals surface area contributed by atoms with Crippen molar-refractivity contribution < 1.29 is 14.2 Å². The van der Waals surface area contributed by atoms with E-state index < -0.39 is 0 Å². The van der Waals surface area contributed by atoms with Gasteiger partial charge in [-0.05, 0) is 32.8 Å². The van der Waals surface area contributed by atoms with Gasteiger partial charge in [0.25, 0.3) is 0 Å². The highest BCUT2D eigenvalue weighted by molar-refractivity contribution is 5.13. The molecule has 1 rings (SSSR count). The van der Waals surface area contributed by atoms with E-state index in [0.717, 1.165) is 19.6 Å². The number of hydrogen-bond acceptors (Lipinski definition) is 3. The molecule has 0 unspecified atom stereocenters. The van der Waals surface area contributed by atoms with Gasteiger partial charge in [0.2, 0.25) is 0 Å². The SMILES string of the molecule is CC(C)(C)OCCCOCCOCc1ccccc1. The summed E-state index contributed by atoms with van der Waals surface area (Å²) < 4.78 is 16.6. The molecule has 0 fully saturated rings. The van der Waals surface area contributed by atoms with Crippen LogP contribution in [0.5, 0.6) is 0 Å². The molecule has 0 aliphatic carbocycles. The second kappa shape index (κ2) is 9.08. The Kier molecular flexibility index (Phi) is 7.72. The van der Waals surface area contributed by atoms with Crippen LogP contribution in [-0.2, 0) is 20.8 Å². The maximum Gasteiger partial charge on any atom is 0.0718 e. The Bertz CT molecular complexity index is 317. The minimum absolute atomic E-state index is 0.0568. The summed E-state index contributed by atoms with van der Waals surface area (Å²) in [5, 5.41) is 0. The first-order chi connectivity index (χ1) is 9.08. The first kappa shape index (κ1) is 16.2. The quantitative estimate of drug-likeness (QED) is 0.641. The third-order valence-electron chi connectivity index (χ3n) is 2.45. The third kappa shape index (κ3) is 9.65. The van der Waals surface area contributed by atoms with Crippen LogP contribution in [0.4, 0.5) is 0 Å². The van der Waals surface area contributed by atoms with Gasteiger partial charge < -0.3 is 14.2 Å². The lowest BCUT2D eigenvalue weighted by atomic mass is 10.2. The van der Waals surface area contributed by atoms with Gasteiger partial charge in [-0.2, -0.15) is 0 Å². The zero-order valence-electron chi connectivity index (χ0n) is 12.4. The van der Waals surface area contributed by atoms with E-state index in [4.69, 9.17) is 14.2 Å². The van der Waals surface area contributed by atoms with Crippen molar-refractivity contribution in [2.24, 2.45) is 0 Å². The topological polar surface area (TPSA) is 27.7 Å². The predicted molar refractivity (Wildman–Crippen MR) is 77.2 cm³/mol. The van der Waals surface area contributed by atoms with Crippen molar-refractivity contribution in [1.82, 2.24) is 0 Å². The highest BCUT2D eigenvalue weighted by Crippen LogP contribution is 2.06. The zero-order valence-corrected chi connectivity index (χ0v) is 12.4. The van der Waals surface area contributed by atoms with E-state index >= 15 is 0 Å². The molecule has 0 N–H and O–H groups in total. The number of benzene rings is 1. The van der Waals surface area contributed by atoms with E-state index in [1.807, 2.05) is 18.2 Å². The second-order valence-electron chi connectivity index (χ2n) is 5.46. The Morgan fingerprint density at radius 2 is 1.53 bits per heavy atom. The molecule has 0 spiro atoms. The fraction of sp³-hybridized carbons (Fsp3) is 0.625. The summed E-state index contributed by atoms with van der Waals surface area (Å²) in [4.78, 5) is 0. The van der Waals surface area contributed by atoms with Gasteiger partial charge in [-0.15, -0.1) is 0 Å². The molecule has 0 aliphatic heterocycles. The van der Waals surface area contributed by atoms with Crippen molar-refractivity contribution in [3.8, 4) is 0 Å². The first-order valence-electron chi connectivity index (χ1n) is 6.91. The molecule has 0 saturated heterocycles. The van der Waals surface area contributed by atoms with Crippen LogP contribution in [-0.4, -0.2) is 32.0 Å². The summed E-state index contributed by atoms with van der Waals surface area (Å²) in [7, 11) is 0. The van der Waals surface area contributed by atoms with E-state index in [0.29, 0.717) is 19.8 Å². The maximum atomic E-state index is 5.60. The summed E-state index contributed by atoms with van der Waals surface area (Å²) in [5.41, 5.74) is 1.14.